The second-order valence-electron chi connectivity index (χ2n) is 7.13. The number of aromatic nitrogens is 5. The van der Waals surface area contributed by atoms with Gasteiger partial charge in [-0.3, -0.25) is 0 Å². The minimum atomic E-state index is -4.80. The van der Waals surface area contributed by atoms with Crippen molar-refractivity contribution in [3.05, 3.63) is 40.4 Å². The third kappa shape index (κ3) is 4.86. The number of nitrogens with zero attached hydrogens (tertiary/aromatic N) is 4. The van der Waals surface area contributed by atoms with Crippen LogP contribution in [0.15, 0.2) is 28.3 Å². The molecule has 32 heavy (non-hydrogen) atoms. The molecule has 0 aliphatic heterocycles. The van der Waals surface area contributed by atoms with Crippen LogP contribution in [0.5, 0.6) is 0 Å². The Labute approximate surface area is 184 Å². The Balaban J connectivity index is 2.27. The highest BCUT2D eigenvalue weighted by Crippen LogP contribution is 2.41. The standard InChI is InChI=1S/C19H18ClF4N7O/c1-9(2)7-26-8-11(19(22,23)24)10(6-25)17-15(18-27-30-31-28-18)16(29-32-17)14-12(20)4-3-5-13(14)21/h3-6,9,25-26H,7-8H2,1-2H3,(H,27,28,30,31)/b11-10-,25-6?. The number of alkyl halides is 3. The third-order valence-corrected chi connectivity index (χ3v) is 4.69. The Morgan fingerprint density at radius 2 is 2.06 bits per heavy atom. The Kier molecular flexibility index (Phi) is 7.04. The molecule has 0 spiro atoms. The van der Waals surface area contributed by atoms with Crippen LogP contribution in [0.3, 0.4) is 0 Å². The van der Waals surface area contributed by atoms with Crippen LogP contribution >= 0.6 is 11.6 Å². The normalized spacial score (nSPS) is 12.9. The van der Waals surface area contributed by atoms with Crippen molar-refractivity contribution in [3.8, 4) is 22.6 Å². The van der Waals surface area contributed by atoms with E-state index in [4.69, 9.17) is 21.5 Å². The molecule has 0 bridgehead atoms. The van der Waals surface area contributed by atoms with Crippen LogP contribution < -0.4 is 5.32 Å². The van der Waals surface area contributed by atoms with E-state index in [-0.39, 0.29) is 33.6 Å². The van der Waals surface area contributed by atoms with Crippen LogP contribution in [-0.2, 0) is 0 Å². The minimum Gasteiger partial charge on any atom is -0.355 e. The van der Waals surface area contributed by atoms with Crippen LogP contribution in [0.2, 0.25) is 5.02 Å². The predicted octanol–water partition coefficient (Wildman–Crippen LogP) is 4.53. The number of benzene rings is 1. The van der Waals surface area contributed by atoms with Crippen molar-refractivity contribution in [2.75, 3.05) is 13.1 Å². The van der Waals surface area contributed by atoms with Gasteiger partial charge in [-0.2, -0.15) is 18.4 Å². The monoisotopic (exact) mass is 471 g/mol. The number of H-pyrrole nitrogens is 1. The first-order chi connectivity index (χ1) is 15.1. The van der Waals surface area contributed by atoms with Gasteiger partial charge in [-0.1, -0.05) is 36.7 Å². The average Bonchev–Trinajstić information content (AvgIpc) is 3.36. The van der Waals surface area contributed by atoms with Gasteiger partial charge in [0.1, 0.15) is 11.5 Å². The lowest BCUT2D eigenvalue weighted by atomic mass is 9.98. The zero-order valence-electron chi connectivity index (χ0n) is 16.9. The molecule has 0 amide bonds. The molecular formula is C19H18ClF4N7O. The number of aromatic amines is 1. The van der Waals surface area contributed by atoms with Crippen LogP contribution in [0.25, 0.3) is 28.2 Å². The molecule has 13 heteroatoms. The van der Waals surface area contributed by atoms with Gasteiger partial charge >= 0.3 is 6.18 Å². The number of hydrogen-bond donors (Lipinski definition) is 3. The van der Waals surface area contributed by atoms with Gasteiger partial charge in [-0.25, -0.2) is 4.39 Å². The maximum absolute atomic E-state index is 14.6. The first-order valence-electron chi connectivity index (χ1n) is 9.34. The third-order valence-electron chi connectivity index (χ3n) is 4.37. The number of allylic oxidation sites excluding steroid dienone is 1. The van der Waals surface area contributed by atoms with E-state index in [1.807, 2.05) is 13.8 Å². The fraction of sp³-hybridized carbons (Fsp3) is 0.316. The van der Waals surface area contributed by atoms with Gasteiger partial charge in [0.2, 0.25) is 5.82 Å². The molecule has 0 saturated heterocycles. The topological polar surface area (TPSA) is 116 Å². The second kappa shape index (κ2) is 9.57. The highest BCUT2D eigenvalue weighted by Gasteiger charge is 2.38. The zero-order chi connectivity index (χ0) is 23.5. The molecule has 0 fully saturated rings. The molecule has 2 aromatic heterocycles. The van der Waals surface area contributed by atoms with Crippen molar-refractivity contribution in [1.29, 1.82) is 5.41 Å². The molecule has 8 nitrogen and oxygen atoms in total. The van der Waals surface area contributed by atoms with Crippen molar-refractivity contribution in [1.82, 2.24) is 31.1 Å². The van der Waals surface area contributed by atoms with Gasteiger partial charge < -0.3 is 15.2 Å². The number of hydrogen-bond acceptors (Lipinski definition) is 7. The molecule has 0 radical (unpaired) electrons. The fourth-order valence-electron chi connectivity index (χ4n) is 2.97. The van der Waals surface area contributed by atoms with Gasteiger partial charge in [-0.15, -0.1) is 10.2 Å². The molecule has 0 saturated carbocycles. The van der Waals surface area contributed by atoms with Crippen LogP contribution in [-0.4, -0.2) is 51.3 Å². The number of tetrazole rings is 1. The summed E-state index contributed by atoms with van der Waals surface area (Å²) in [5.74, 6) is -1.35. The average molecular weight is 472 g/mol. The molecule has 0 aliphatic carbocycles. The molecule has 170 valence electrons. The molecule has 0 unspecified atom stereocenters. The number of halogens is 5. The summed E-state index contributed by atoms with van der Waals surface area (Å²) in [6, 6.07) is 3.86. The van der Waals surface area contributed by atoms with Crippen LogP contribution in [0.4, 0.5) is 17.6 Å². The van der Waals surface area contributed by atoms with Gasteiger partial charge in [0.15, 0.2) is 5.76 Å². The Morgan fingerprint density at radius 1 is 1.31 bits per heavy atom. The number of rotatable bonds is 8. The van der Waals surface area contributed by atoms with Gasteiger partial charge in [-0.05, 0) is 29.8 Å². The van der Waals surface area contributed by atoms with E-state index in [1.165, 1.54) is 12.1 Å². The van der Waals surface area contributed by atoms with Crippen molar-refractivity contribution >= 4 is 23.4 Å². The van der Waals surface area contributed by atoms with Crippen LogP contribution in [0.1, 0.15) is 19.6 Å². The first-order valence-corrected chi connectivity index (χ1v) is 9.72. The molecular weight excluding hydrogens is 454 g/mol. The largest absolute Gasteiger partial charge is 0.414 e. The number of nitrogens with one attached hydrogen (secondary N) is 3. The maximum Gasteiger partial charge on any atom is 0.414 e. The van der Waals surface area contributed by atoms with Gasteiger partial charge in [0.05, 0.1) is 21.7 Å². The SMILES string of the molecule is CC(C)CNC/C(=C(\C=N)c1onc(-c2c(F)cccc2Cl)c1-c1nn[nH]n1)C(F)(F)F. The molecule has 3 rings (SSSR count). The molecule has 3 N–H and O–H groups in total. The van der Waals surface area contributed by atoms with E-state index in [1.54, 1.807) is 0 Å². The Bertz CT molecular complexity index is 1100. The van der Waals surface area contributed by atoms with Gasteiger partial charge in [0, 0.05) is 18.3 Å². The molecule has 2 heterocycles. The second-order valence-corrected chi connectivity index (χ2v) is 7.53. The molecule has 3 aromatic rings. The quantitative estimate of drug-likeness (QED) is 0.328. The van der Waals surface area contributed by atoms with E-state index in [2.05, 4.69) is 31.1 Å². The van der Waals surface area contributed by atoms with Crippen molar-refractivity contribution in [3.63, 3.8) is 0 Å². The highest BCUT2D eigenvalue weighted by molar-refractivity contribution is 6.33. The first kappa shape index (κ1) is 23.5. The lowest BCUT2D eigenvalue weighted by Crippen LogP contribution is -2.29. The lowest BCUT2D eigenvalue weighted by molar-refractivity contribution is -0.0922. The van der Waals surface area contributed by atoms with Crippen LogP contribution in [0, 0.1) is 17.1 Å². The van der Waals surface area contributed by atoms with Crippen molar-refractivity contribution < 1.29 is 22.1 Å². The predicted molar refractivity (Wildman–Crippen MR) is 110 cm³/mol. The summed E-state index contributed by atoms with van der Waals surface area (Å²) < 4.78 is 61.5. The molecule has 1 aromatic carbocycles. The van der Waals surface area contributed by atoms with Gasteiger partial charge in [0.25, 0.3) is 0 Å². The summed E-state index contributed by atoms with van der Waals surface area (Å²) >= 11 is 6.12. The molecule has 0 aliphatic rings. The Hall–Kier alpha value is -3.12. The summed E-state index contributed by atoms with van der Waals surface area (Å²) in [7, 11) is 0. The summed E-state index contributed by atoms with van der Waals surface area (Å²) in [4.78, 5) is 0. The van der Waals surface area contributed by atoms with Crippen molar-refractivity contribution in [2.45, 2.75) is 20.0 Å². The summed E-state index contributed by atoms with van der Waals surface area (Å²) in [5, 5.41) is 27.3. The van der Waals surface area contributed by atoms with Crippen molar-refractivity contribution in [2.24, 2.45) is 5.92 Å². The van der Waals surface area contributed by atoms with E-state index >= 15 is 0 Å². The highest BCUT2D eigenvalue weighted by atomic mass is 35.5. The maximum atomic E-state index is 14.6. The minimum absolute atomic E-state index is 0.0513. The smallest absolute Gasteiger partial charge is 0.355 e. The Morgan fingerprint density at radius 3 is 2.62 bits per heavy atom. The zero-order valence-corrected chi connectivity index (χ0v) is 17.6. The lowest BCUT2D eigenvalue weighted by Gasteiger charge is -2.16. The fourth-order valence-corrected chi connectivity index (χ4v) is 3.22. The summed E-state index contributed by atoms with van der Waals surface area (Å²) in [6.45, 7) is 3.41. The summed E-state index contributed by atoms with van der Waals surface area (Å²) in [6.07, 6.45) is -4.30. The van der Waals surface area contributed by atoms with E-state index < -0.39 is 35.4 Å². The van der Waals surface area contributed by atoms with E-state index in [0.29, 0.717) is 12.8 Å². The summed E-state index contributed by atoms with van der Waals surface area (Å²) in [5.41, 5.74) is -2.30. The molecule has 0 atom stereocenters. The van der Waals surface area contributed by atoms with E-state index in [0.717, 1.165) is 6.07 Å². The van der Waals surface area contributed by atoms with E-state index in [9.17, 15) is 17.6 Å².